The average molecular weight is 294 g/mol. The minimum Gasteiger partial charge on any atom is -0.451 e. The molecule has 0 fully saturated rings. The Morgan fingerprint density at radius 1 is 1.50 bits per heavy atom. The third-order valence-electron chi connectivity index (χ3n) is 2.85. The van der Waals surface area contributed by atoms with E-state index in [2.05, 4.69) is 5.32 Å². The molecule has 0 bridgehead atoms. The molecule has 1 aromatic heterocycles. The largest absolute Gasteiger partial charge is 0.451 e. The number of hydrogen-bond acceptors (Lipinski definition) is 5. The highest BCUT2D eigenvalue weighted by Crippen LogP contribution is 2.21. The lowest BCUT2D eigenvalue weighted by molar-refractivity contribution is 0.0711. The summed E-state index contributed by atoms with van der Waals surface area (Å²) in [5, 5.41) is 13.5. The SMILES string of the molecule is CSCC(C)(O)CNC(=O)c1cc2cc(N)ccc2o1. The van der Waals surface area contributed by atoms with Crippen molar-refractivity contribution in [1.29, 1.82) is 0 Å². The summed E-state index contributed by atoms with van der Waals surface area (Å²) in [6.07, 6.45) is 1.90. The predicted molar refractivity (Wildman–Crippen MR) is 82.0 cm³/mol. The van der Waals surface area contributed by atoms with Gasteiger partial charge in [0.25, 0.3) is 5.91 Å². The standard InChI is InChI=1S/C14H18N2O3S/c1-14(18,8-20-2)7-16-13(17)12-6-9-5-10(15)3-4-11(9)19-12/h3-6,18H,7-8,15H2,1-2H3,(H,16,17). The highest BCUT2D eigenvalue weighted by molar-refractivity contribution is 7.98. The van der Waals surface area contributed by atoms with Crippen LogP contribution in [0.15, 0.2) is 28.7 Å². The van der Waals surface area contributed by atoms with Crippen LogP contribution >= 0.6 is 11.8 Å². The molecule has 2 aromatic rings. The Morgan fingerprint density at radius 3 is 2.95 bits per heavy atom. The normalized spacial score (nSPS) is 14.2. The maximum absolute atomic E-state index is 12.0. The van der Waals surface area contributed by atoms with E-state index in [9.17, 15) is 9.90 Å². The van der Waals surface area contributed by atoms with Gasteiger partial charge in [0.05, 0.1) is 5.60 Å². The van der Waals surface area contributed by atoms with Crippen LogP contribution in [0.4, 0.5) is 5.69 Å². The van der Waals surface area contributed by atoms with Crippen molar-refractivity contribution in [2.45, 2.75) is 12.5 Å². The van der Waals surface area contributed by atoms with Crippen molar-refractivity contribution >= 4 is 34.3 Å². The molecule has 1 heterocycles. The number of fused-ring (bicyclic) bond motifs is 1. The Labute approximate surface area is 121 Å². The van der Waals surface area contributed by atoms with Crippen molar-refractivity contribution in [3.63, 3.8) is 0 Å². The van der Waals surface area contributed by atoms with Crippen LogP contribution in [-0.4, -0.2) is 35.2 Å². The van der Waals surface area contributed by atoms with E-state index in [-0.39, 0.29) is 18.2 Å². The van der Waals surface area contributed by atoms with Gasteiger partial charge in [-0.3, -0.25) is 4.79 Å². The third kappa shape index (κ3) is 3.46. The molecule has 2 rings (SSSR count). The molecule has 1 amide bonds. The Hall–Kier alpha value is -1.66. The monoisotopic (exact) mass is 294 g/mol. The number of carbonyl (C=O) groups excluding carboxylic acids is 1. The van der Waals surface area contributed by atoms with Gasteiger partial charge in [0.2, 0.25) is 0 Å². The molecule has 0 aliphatic carbocycles. The molecule has 20 heavy (non-hydrogen) atoms. The van der Waals surface area contributed by atoms with Crippen LogP contribution in [-0.2, 0) is 0 Å². The van der Waals surface area contributed by atoms with E-state index in [4.69, 9.17) is 10.2 Å². The number of benzene rings is 1. The zero-order chi connectivity index (χ0) is 14.8. The molecule has 0 spiro atoms. The van der Waals surface area contributed by atoms with Gasteiger partial charge in [-0.2, -0.15) is 11.8 Å². The summed E-state index contributed by atoms with van der Waals surface area (Å²) in [6, 6.07) is 6.84. The average Bonchev–Trinajstić information content (AvgIpc) is 2.79. The van der Waals surface area contributed by atoms with E-state index in [0.29, 0.717) is 17.0 Å². The minimum absolute atomic E-state index is 0.172. The maximum Gasteiger partial charge on any atom is 0.287 e. The van der Waals surface area contributed by atoms with Gasteiger partial charge >= 0.3 is 0 Å². The summed E-state index contributed by atoms with van der Waals surface area (Å²) < 4.78 is 5.46. The van der Waals surface area contributed by atoms with Crippen LogP contribution < -0.4 is 11.1 Å². The van der Waals surface area contributed by atoms with Gasteiger partial charge in [0, 0.05) is 23.4 Å². The van der Waals surface area contributed by atoms with E-state index in [1.807, 2.05) is 6.26 Å². The molecule has 1 atom stereocenters. The van der Waals surface area contributed by atoms with Crippen molar-refractivity contribution in [2.75, 3.05) is 24.3 Å². The van der Waals surface area contributed by atoms with Crippen LogP contribution in [0.1, 0.15) is 17.5 Å². The molecule has 0 saturated carbocycles. The van der Waals surface area contributed by atoms with Crippen LogP contribution in [0, 0.1) is 0 Å². The van der Waals surface area contributed by atoms with Crippen LogP contribution in [0.3, 0.4) is 0 Å². The Bertz CT molecular complexity index is 622. The summed E-state index contributed by atoms with van der Waals surface area (Å²) in [5.74, 6) is 0.413. The van der Waals surface area contributed by atoms with Gasteiger partial charge in [0.1, 0.15) is 5.58 Å². The van der Waals surface area contributed by atoms with Crippen LogP contribution in [0.25, 0.3) is 11.0 Å². The highest BCUT2D eigenvalue weighted by atomic mass is 32.2. The predicted octanol–water partition coefficient (Wildman–Crippen LogP) is 1.86. The molecule has 4 N–H and O–H groups in total. The van der Waals surface area contributed by atoms with Crippen molar-refractivity contribution in [2.24, 2.45) is 0 Å². The zero-order valence-electron chi connectivity index (χ0n) is 11.5. The van der Waals surface area contributed by atoms with Crippen molar-refractivity contribution in [3.8, 4) is 0 Å². The fourth-order valence-corrected chi connectivity index (χ4v) is 2.62. The molecule has 1 unspecified atom stereocenters. The van der Waals surface area contributed by atoms with Crippen molar-refractivity contribution < 1.29 is 14.3 Å². The fraction of sp³-hybridized carbons (Fsp3) is 0.357. The van der Waals surface area contributed by atoms with E-state index in [1.165, 1.54) is 11.8 Å². The van der Waals surface area contributed by atoms with E-state index >= 15 is 0 Å². The van der Waals surface area contributed by atoms with Crippen molar-refractivity contribution in [3.05, 3.63) is 30.0 Å². The molecule has 6 heteroatoms. The number of hydrogen-bond donors (Lipinski definition) is 3. The number of anilines is 1. The van der Waals surface area contributed by atoms with Crippen LogP contribution in [0.2, 0.25) is 0 Å². The lowest BCUT2D eigenvalue weighted by Gasteiger charge is -2.22. The summed E-state index contributed by atoms with van der Waals surface area (Å²) in [7, 11) is 0. The number of rotatable bonds is 5. The molecule has 0 aliphatic rings. The lowest BCUT2D eigenvalue weighted by atomic mass is 10.1. The quantitative estimate of drug-likeness (QED) is 0.733. The Morgan fingerprint density at radius 2 is 2.25 bits per heavy atom. The summed E-state index contributed by atoms with van der Waals surface area (Å²) >= 11 is 1.52. The first-order valence-corrected chi connectivity index (χ1v) is 7.59. The number of nitrogens with one attached hydrogen (secondary N) is 1. The van der Waals surface area contributed by atoms with E-state index in [1.54, 1.807) is 31.2 Å². The number of aliphatic hydroxyl groups is 1. The fourth-order valence-electron chi connectivity index (χ4n) is 1.89. The topological polar surface area (TPSA) is 88.5 Å². The molecule has 0 saturated heterocycles. The number of nitrogen functional groups attached to an aromatic ring is 1. The molecular formula is C14H18N2O3S. The first-order valence-electron chi connectivity index (χ1n) is 6.20. The van der Waals surface area contributed by atoms with E-state index < -0.39 is 5.60 Å². The van der Waals surface area contributed by atoms with Gasteiger partial charge in [-0.25, -0.2) is 0 Å². The second-order valence-corrected chi connectivity index (χ2v) is 5.89. The Balaban J connectivity index is 2.08. The van der Waals surface area contributed by atoms with Gasteiger partial charge in [-0.1, -0.05) is 0 Å². The first-order chi connectivity index (χ1) is 9.41. The number of carbonyl (C=O) groups is 1. The summed E-state index contributed by atoms with van der Waals surface area (Å²) in [4.78, 5) is 12.0. The summed E-state index contributed by atoms with van der Waals surface area (Å²) in [5.41, 5.74) is 5.97. The van der Waals surface area contributed by atoms with Gasteiger partial charge < -0.3 is 20.6 Å². The smallest absolute Gasteiger partial charge is 0.287 e. The van der Waals surface area contributed by atoms with Gasteiger partial charge in [-0.05, 0) is 37.4 Å². The van der Waals surface area contributed by atoms with Gasteiger partial charge in [0.15, 0.2) is 5.76 Å². The number of amides is 1. The van der Waals surface area contributed by atoms with E-state index in [0.717, 1.165) is 5.39 Å². The maximum atomic E-state index is 12.0. The second-order valence-electron chi connectivity index (χ2n) is 5.02. The minimum atomic E-state index is -0.939. The molecule has 108 valence electrons. The molecular weight excluding hydrogens is 276 g/mol. The van der Waals surface area contributed by atoms with Crippen molar-refractivity contribution in [1.82, 2.24) is 5.32 Å². The molecule has 0 radical (unpaired) electrons. The molecule has 1 aromatic carbocycles. The highest BCUT2D eigenvalue weighted by Gasteiger charge is 2.22. The molecule has 5 nitrogen and oxygen atoms in total. The second kappa shape index (κ2) is 5.76. The summed E-state index contributed by atoms with van der Waals surface area (Å²) in [6.45, 7) is 1.86. The van der Waals surface area contributed by atoms with Crippen LogP contribution in [0.5, 0.6) is 0 Å². The lowest BCUT2D eigenvalue weighted by Crippen LogP contribution is -2.42. The number of furan rings is 1. The van der Waals surface area contributed by atoms with Gasteiger partial charge in [-0.15, -0.1) is 0 Å². The zero-order valence-corrected chi connectivity index (χ0v) is 12.3. The first kappa shape index (κ1) is 14.7. The third-order valence-corrected chi connectivity index (χ3v) is 3.76. The number of thioether (sulfide) groups is 1. The Kier molecular flexibility index (Phi) is 4.25. The number of nitrogens with two attached hydrogens (primary N) is 1. The molecule has 0 aliphatic heterocycles.